The van der Waals surface area contributed by atoms with E-state index < -0.39 is 10.0 Å². The second kappa shape index (κ2) is 7.51. The molecular weight excluding hydrogens is 418 g/mol. The first-order chi connectivity index (χ1) is 14.7. The zero-order chi connectivity index (χ0) is 22.3. The number of sulfonamides is 1. The number of anilines is 2. The van der Waals surface area contributed by atoms with Gasteiger partial charge in [-0.15, -0.1) is 0 Å². The molecule has 9 heteroatoms. The number of hydrogen-bond donors (Lipinski definition) is 2. The average molecular weight is 437 g/mol. The summed E-state index contributed by atoms with van der Waals surface area (Å²) in [5.41, 5.74) is 2.85. The Morgan fingerprint density at radius 3 is 2.06 bits per heavy atom. The zero-order valence-electron chi connectivity index (χ0n) is 17.0. The highest BCUT2D eigenvalue weighted by Gasteiger charge is 2.29. The second-order valence-electron chi connectivity index (χ2n) is 7.18. The van der Waals surface area contributed by atoms with Crippen molar-refractivity contribution < 1.29 is 22.5 Å². The number of carbonyl (C=O) groups is 2. The van der Waals surface area contributed by atoms with Gasteiger partial charge in [-0.25, -0.2) is 13.1 Å². The van der Waals surface area contributed by atoms with Gasteiger partial charge in [0.25, 0.3) is 10.0 Å². The summed E-state index contributed by atoms with van der Waals surface area (Å²) >= 11 is 0. The number of Topliss-reactive ketones (excluding diaryl/α,β-unsaturated/α-hetero) is 2. The van der Waals surface area contributed by atoms with Gasteiger partial charge in [0.2, 0.25) is 11.7 Å². The Morgan fingerprint density at radius 2 is 1.48 bits per heavy atom. The number of allylic oxidation sites excluding steroid dienone is 2. The van der Waals surface area contributed by atoms with E-state index in [2.05, 4.69) is 15.2 Å². The highest BCUT2D eigenvalue weighted by atomic mass is 32.2. The van der Waals surface area contributed by atoms with Gasteiger partial charge in [-0.05, 0) is 45.0 Å². The third kappa shape index (κ3) is 3.64. The van der Waals surface area contributed by atoms with Crippen LogP contribution >= 0.6 is 0 Å². The normalized spacial score (nSPS) is 13.9. The number of fused-ring (bicyclic) bond motifs is 1. The lowest BCUT2D eigenvalue weighted by atomic mass is 9.88. The average Bonchev–Trinajstić information content (AvgIpc) is 3.07. The molecule has 2 N–H and O–H groups in total. The molecule has 0 bridgehead atoms. The predicted octanol–water partition coefficient (Wildman–Crippen LogP) is 3.86. The third-order valence-corrected chi connectivity index (χ3v) is 6.52. The van der Waals surface area contributed by atoms with Gasteiger partial charge in [-0.1, -0.05) is 29.4 Å². The molecule has 1 aliphatic rings. The number of rotatable bonds is 5. The molecule has 0 spiro atoms. The van der Waals surface area contributed by atoms with E-state index in [4.69, 9.17) is 4.52 Å². The smallest absolute Gasteiger partial charge is 0.264 e. The predicted molar refractivity (Wildman–Crippen MR) is 115 cm³/mol. The number of nitrogens with zero attached hydrogens (tertiary/aromatic N) is 1. The minimum atomic E-state index is -3.89. The van der Waals surface area contributed by atoms with Gasteiger partial charge in [0.1, 0.15) is 0 Å². The number of nitrogens with one attached hydrogen (secondary N) is 2. The molecule has 8 nitrogen and oxygen atoms in total. The van der Waals surface area contributed by atoms with E-state index in [1.54, 1.807) is 45.0 Å². The van der Waals surface area contributed by atoms with E-state index in [0.717, 1.165) is 0 Å². The van der Waals surface area contributed by atoms with Crippen molar-refractivity contribution >= 4 is 33.2 Å². The fourth-order valence-electron chi connectivity index (χ4n) is 3.20. The number of aryl methyl sites for hydroxylation is 1. The van der Waals surface area contributed by atoms with Crippen molar-refractivity contribution in [3.63, 3.8) is 0 Å². The molecule has 0 fully saturated rings. The van der Waals surface area contributed by atoms with Gasteiger partial charge in [-0.3, -0.25) is 9.59 Å². The van der Waals surface area contributed by atoms with Crippen LogP contribution in [0.1, 0.15) is 38.9 Å². The number of hydrogen-bond acceptors (Lipinski definition) is 7. The summed E-state index contributed by atoms with van der Waals surface area (Å²) in [6, 6.07) is 12.5. The Bertz CT molecular complexity index is 1350. The molecule has 0 radical (unpaired) electrons. The van der Waals surface area contributed by atoms with Crippen LogP contribution in [0.2, 0.25) is 0 Å². The molecule has 1 heterocycles. The molecule has 1 aliphatic carbocycles. The van der Waals surface area contributed by atoms with E-state index in [1.165, 1.54) is 24.3 Å². The Labute approximate surface area is 179 Å². The Kier molecular flexibility index (Phi) is 4.98. The van der Waals surface area contributed by atoms with E-state index in [0.29, 0.717) is 33.6 Å². The van der Waals surface area contributed by atoms with Crippen LogP contribution in [0.3, 0.4) is 0 Å². The van der Waals surface area contributed by atoms with Gasteiger partial charge in [-0.2, -0.15) is 0 Å². The van der Waals surface area contributed by atoms with Crippen molar-refractivity contribution in [2.45, 2.75) is 25.7 Å². The third-order valence-electron chi connectivity index (χ3n) is 5.18. The molecule has 3 aromatic rings. The SMILES string of the molecule is CC1=C(Nc2ccc(S(=O)(=O)Nc3onc(C)c3C)cc2)C(=O)c2ccccc2C1=O. The molecular formula is C22H19N3O5S. The van der Waals surface area contributed by atoms with Crippen LogP contribution in [0, 0.1) is 13.8 Å². The number of aromatic nitrogens is 1. The zero-order valence-corrected chi connectivity index (χ0v) is 17.8. The number of carbonyl (C=O) groups excluding carboxylic acids is 2. The van der Waals surface area contributed by atoms with Crippen molar-refractivity contribution in [3.05, 3.63) is 82.2 Å². The monoisotopic (exact) mass is 437 g/mol. The van der Waals surface area contributed by atoms with Crippen molar-refractivity contribution in [2.75, 3.05) is 10.0 Å². The van der Waals surface area contributed by atoms with Crippen molar-refractivity contribution in [2.24, 2.45) is 0 Å². The summed E-state index contributed by atoms with van der Waals surface area (Å²) < 4.78 is 32.6. The van der Waals surface area contributed by atoms with Crippen molar-refractivity contribution in [1.82, 2.24) is 5.16 Å². The lowest BCUT2D eigenvalue weighted by Gasteiger charge is -2.20. The van der Waals surface area contributed by atoms with Crippen molar-refractivity contribution in [1.29, 1.82) is 0 Å². The van der Waals surface area contributed by atoms with Crippen LogP contribution in [0.5, 0.6) is 0 Å². The Balaban J connectivity index is 1.58. The van der Waals surface area contributed by atoms with Crippen LogP contribution in [-0.4, -0.2) is 25.1 Å². The maximum atomic E-state index is 12.8. The van der Waals surface area contributed by atoms with Gasteiger partial charge < -0.3 is 9.84 Å². The first kappa shape index (κ1) is 20.5. The molecule has 1 aromatic heterocycles. The van der Waals surface area contributed by atoms with Crippen molar-refractivity contribution in [3.8, 4) is 0 Å². The van der Waals surface area contributed by atoms with Gasteiger partial charge >= 0.3 is 0 Å². The molecule has 0 saturated heterocycles. The summed E-state index contributed by atoms with van der Waals surface area (Å²) in [7, 11) is -3.89. The van der Waals surface area contributed by atoms with Crippen LogP contribution in [-0.2, 0) is 10.0 Å². The molecule has 0 aliphatic heterocycles. The van der Waals surface area contributed by atoms with E-state index in [9.17, 15) is 18.0 Å². The lowest BCUT2D eigenvalue weighted by molar-refractivity contribution is 0.0976. The summed E-state index contributed by atoms with van der Waals surface area (Å²) in [5, 5.41) is 6.69. The van der Waals surface area contributed by atoms with Crippen LogP contribution in [0.4, 0.5) is 11.6 Å². The minimum Gasteiger partial charge on any atom is -0.352 e. The number of ketones is 2. The molecule has 0 saturated carbocycles. The van der Waals surface area contributed by atoms with Crippen LogP contribution in [0.15, 0.2) is 69.2 Å². The fourth-order valence-corrected chi connectivity index (χ4v) is 4.25. The summed E-state index contributed by atoms with van der Waals surface area (Å²) in [6.45, 7) is 5.00. The Hall–Kier alpha value is -3.72. The summed E-state index contributed by atoms with van der Waals surface area (Å²) in [4.78, 5) is 25.5. The fraction of sp³-hybridized carbons (Fsp3) is 0.136. The van der Waals surface area contributed by atoms with E-state index in [1.807, 2.05) is 0 Å². The molecule has 158 valence electrons. The van der Waals surface area contributed by atoms with Crippen LogP contribution < -0.4 is 10.0 Å². The largest absolute Gasteiger partial charge is 0.352 e. The van der Waals surface area contributed by atoms with Gasteiger partial charge in [0.15, 0.2) is 5.78 Å². The molecule has 2 aromatic carbocycles. The minimum absolute atomic E-state index is 0.00796. The molecule has 31 heavy (non-hydrogen) atoms. The molecule has 4 rings (SSSR count). The summed E-state index contributed by atoms with van der Waals surface area (Å²) in [5.74, 6) is -0.452. The summed E-state index contributed by atoms with van der Waals surface area (Å²) in [6.07, 6.45) is 0. The molecule has 0 atom stereocenters. The van der Waals surface area contributed by atoms with Gasteiger partial charge in [0.05, 0.1) is 16.3 Å². The van der Waals surface area contributed by atoms with Crippen LogP contribution in [0.25, 0.3) is 0 Å². The maximum Gasteiger partial charge on any atom is 0.264 e. The van der Waals surface area contributed by atoms with E-state index in [-0.39, 0.29) is 28.0 Å². The second-order valence-corrected chi connectivity index (χ2v) is 8.86. The molecule has 0 unspecified atom stereocenters. The highest BCUT2D eigenvalue weighted by Crippen LogP contribution is 2.28. The van der Waals surface area contributed by atoms with Gasteiger partial charge in [0, 0.05) is 28.0 Å². The highest BCUT2D eigenvalue weighted by molar-refractivity contribution is 7.92. The molecule has 0 amide bonds. The first-order valence-electron chi connectivity index (χ1n) is 9.41. The maximum absolute atomic E-state index is 12.8. The number of benzene rings is 2. The topological polar surface area (TPSA) is 118 Å². The standard InChI is InChI=1S/C22H19N3O5S/c1-12-14(3)24-30-22(12)25-31(28,29)16-10-8-15(9-11-16)23-19-13(2)20(26)17-6-4-5-7-18(17)21(19)27/h4-11,23,25H,1-3H3. The quantitative estimate of drug-likeness (QED) is 0.622. The van der Waals surface area contributed by atoms with E-state index >= 15 is 0 Å². The first-order valence-corrected chi connectivity index (χ1v) is 10.9. The lowest BCUT2D eigenvalue weighted by Crippen LogP contribution is -2.25. The Morgan fingerprint density at radius 1 is 0.871 bits per heavy atom.